The molecule has 0 saturated carbocycles. The van der Waals surface area contributed by atoms with Crippen LogP contribution in [-0.4, -0.2) is 54.6 Å². The summed E-state index contributed by atoms with van der Waals surface area (Å²) in [6.07, 6.45) is 1.64. The van der Waals surface area contributed by atoms with E-state index in [0.717, 1.165) is 28.8 Å². The van der Waals surface area contributed by atoms with E-state index in [0.29, 0.717) is 37.7 Å². The fourth-order valence-electron chi connectivity index (χ4n) is 4.24. The lowest BCUT2D eigenvalue weighted by Crippen LogP contribution is -2.46. The number of thiophene rings is 1. The average Bonchev–Trinajstić information content (AvgIpc) is 3.56. The third kappa shape index (κ3) is 7.30. The first-order chi connectivity index (χ1) is 17.9. The Morgan fingerprint density at radius 3 is 2.57 bits per heavy atom. The number of urea groups is 1. The fraction of sp³-hybridized carbons (Fsp3) is 0.357. The quantitative estimate of drug-likeness (QED) is 0.382. The van der Waals surface area contributed by atoms with E-state index in [-0.39, 0.29) is 24.4 Å². The Kier molecular flexibility index (Phi) is 9.14. The van der Waals surface area contributed by atoms with Crippen LogP contribution in [0.1, 0.15) is 28.8 Å². The minimum absolute atomic E-state index is 0.119. The molecule has 0 aliphatic carbocycles. The number of benzene rings is 2. The molecular formula is C28H32FN3O4S. The van der Waals surface area contributed by atoms with Crippen LogP contribution in [0.15, 0.2) is 60.0 Å². The normalized spacial score (nSPS) is 14.8. The van der Waals surface area contributed by atoms with Gasteiger partial charge in [0.15, 0.2) is 0 Å². The number of para-hydroxylation sites is 2. The van der Waals surface area contributed by atoms with E-state index in [1.807, 2.05) is 30.5 Å². The van der Waals surface area contributed by atoms with Crippen LogP contribution in [0.25, 0.3) is 0 Å². The van der Waals surface area contributed by atoms with E-state index in [2.05, 4.69) is 5.32 Å². The lowest BCUT2D eigenvalue weighted by atomic mass is 10.2. The summed E-state index contributed by atoms with van der Waals surface area (Å²) in [5.74, 6) is 0.00197. The lowest BCUT2D eigenvalue weighted by molar-refractivity contribution is -0.133. The van der Waals surface area contributed by atoms with Crippen LogP contribution in [0.4, 0.5) is 14.9 Å². The highest BCUT2D eigenvalue weighted by atomic mass is 32.1. The van der Waals surface area contributed by atoms with Crippen LogP contribution in [0.3, 0.4) is 0 Å². The van der Waals surface area contributed by atoms with E-state index in [9.17, 15) is 14.0 Å². The number of methoxy groups -OCH3 is 1. The second kappa shape index (κ2) is 12.7. The summed E-state index contributed by atoms with van der Waals surface area (Å²) in [7, 11) is 1.54. The summed E-state index contributed by atoms with van der Waals surface area (Å²) in [5.41, 5.74) is 2.44. The maximum atomic E-state index is 13.7. The molecule has 3 amide bonds. The molecule has 7 nitrogen and oxygen atoms in total. The Labute approximate surface area is 220 Å². The van der Waals surface area contributed by atoms with Gasteiger partial charge in [0, 0.05) is 24.6 Å². The average molecular weight is 526 g/mol. The Morgan fingerprint density at radius 1 is 1.11 bits per heavy atom. The molecule has 1 fully saturated rings. The second-order valence-corrected chi connectivity index (χ2v) is 10.0. The number of anilines is 1. The van der Waals surface area contributed by atoms with Crippen LogP contribution >= 0.6 is 11.3 Å². The Morgan fingerprint density at radius 2 is 1.89 bits per heavy atom. The zero-order valence-corrected chi connectivity index (χ0v) is 21.9. The highest BCUT2D eigenvalue weighted by Crippen LogP contribution is 2.24. The van der Waals surface area contributed by atoms with Crippen molar-refractivity contribution in [2.75, 3.05) is 32.1 Å². The van der Waals surface area contributed by atoms with Crippen LogP contribution in [0.5, 0.6) is 5.75 Å². The van der Waals surface area contributed by atoms with Crippen LogP contribution in [0.2, 0.25) is 0 Å². The predicted octanol–water partition coefficient (Wildman–Crippen LogP) is 5.45. The predicted molar refractivity (Wildman–Crippen MR) is 142 cm³/mol. The largest absolute Gasteiger partial charge is 0.495 e. The summed E-state index contributed by atoms with van der Waals surface area (Å²) >= 11 is 1.58. The molecule has 0 radical (unpaired) electrons. The van der Waals surface area contributed by atoms with Crippen LogP contribution < -0.4 is 10.1 Å². The number of carbonyl (C=O) groups excluding carboxylic acids is 2. The van der Waals surface area contributed by atoms with Crippen molar-refractivity contribution in [3.05, 3.63) is 81.8 Å². The van der Waals surface area contributed by atoms with E-state index in [1.165, 1.54) is 17.0 Å². The van der Waals surface area contributed by atoms with Gasteiger partial charge in [-0.05, 0) is 66.6 Å². The van der Waals surface area contributed by atoms with Crippen LogP contribution in [0, 0.1) is 12.7 Å². The lowest BCUT2D eigenvalue weighted by Gasteiger charge is -2.29. The summed E-state index contributed by atoms with van der Waals surface area (Å²) in [4.78, 5) is 31.4. The SMILES string of the molecule is COc1ccccc1NC(=O)N(CC(=O)N(Cc1ccc(F)cc1)Cc1sccc1C)C[C@H]1CCCO1. The maximum Gasteiger partial charge on any atom is 0.322 e. The Bertz CT molecular complexity index is 1190. The smallest absolute Gasteiger partial charge is 0.322 e. The minimum atomic E-state index is -0.401. The molecule has 1 N–H and O–H groups in total. The fourth-order valence-corrected chi connectivity index (χ4v) is 5.16. The van der Waals surface area contributed by atoms with Crippen molar-refractivity contribution >= 4 is 29.0 Å². The summed E-state index contributed by atoms with van der Waals surface area (Å²) < 4.78 is 24.6. The molecule has 4 rings (SSSR count). The molecule has 1 aromatic heterocycles. The highest BCUT2D eigenvalue weighted by Gasteiger charge is 2.27. The third-order valence-corrected chi connectivity index (χ3v) is 7.36. The minimum Gasteiger partial charge on any atom is -0.495 e. The number of amides is 3. The molecule has 37 heavy (non-hydrogen) atoms. The monoisotopic (exact) mass is 525 g/mol. The molecule has 1 saturated heterocycles. The number of halogens is 1. The molecule has 1 atom stereocenters. The number of aryl methyl sites for hydroxylation is 1. The van der Waals surface area contributed by atoms with Gasteiger partial charge in [0.2, 0.25) is 5.91 Å². The van der Waals surface area contributed by atoms with E-state index in [4.69, 9.17) is 9.47 Å². The topological polar surface area (TPSA) is 71.1 Å². The molecule has 2 heterocycles. The van der Waals surface area contributed by atoms with E-state index in [1.54, 1.807) is 47.6 Å². The molecule has 9 heteroatoms. The van der Waals surface area contributed by atoms with Gasteiger partial charge in [0.25, 0.3) is 0 Å². The van der Waals surface area contributed by atoms with Gasteiger partial charge >= 0.3 is 6.03 Å². The first-order valence-corrected chi connectivity index (χ1v) is 13.2. The van der Waals surface area contributed by atoms with E-state index < -0.39 is 6.03 Å². The van der Waals surface area contributed by atoms with Crippen molar-refractivity contribution < 1.29 is 23.5 Å². The van der Waals surface area contributed by atoms with Crippen molar-refractivity contribution in [2.24, 2.45) is 0 Å². The summed E-state index contributed by atoms with van der Waals surface area (Å²) in [6, 6.07) is 14.9. The zero-order valence-electron chi connectivity index (χ0n) is 21.1. The van der Waals surface area contributed by atoms with Crippen molar-refractivity contribution in [1.29, 1.82) is 0 Å². The molecule has 0 spiro atoms. The van der Waals surface area contributed by atoms with Gasteiger partial charge in [-0.15, -0.1) is 11.3 Å². The number of rotatable bonds is 10. The molecule has 1 aliphatic rings. The molecule has 0 unspecified atom stereocenters. The first-order valence-electron chi connectivity index (χ1n) is 12.3. The zero-order chi connectivity index (χ0) is 26.2. The standard InChI is InChI=1S/C28H32FN3O4S/c1-20-13-15-37-26(20)18-31(16-21-9-11-22(29)12-10-21)27(33)19-32(17-23-6-5-14-36-23)28(34)30-24-7-3-4-8-25(24)35-2/h3-4,7-13,15,23H,5-6,14,16-19H2,1-2H3,(H,30,34)/t23-/m1/s1. The number of hydrogen-bond donors (Lipinski definition) is 1. The van der Waals surface area contributed by atoms with E-state index >= 15 is 0 Å². The number of nitrogens with zero attached hydrogens (tertiary/aromatic N) is 2. The molecular weight excluding hydrogens is 493 g/mol. The Hall–Kier alpha value is -3.43. The highest BCUT2D eigenvalue weighted by molar-refractivity contribution is 7.10. The number of ether oxygens (including phenoxy) is 2. The first kappa shape index (κ1) is 26.6. The third-order valence-electron chi connectivity index (χ3n) is 6.35. The maximum absolute atomic E-state index is 13.7. The van der Waals surface area contributed by atoms with Gasteiger partial charge in [-0.3, -0.25) is 4.79 Å². The van der Waals surface area contributed by atoms with Gasteiger partial charge in [-0.25, -0.2) is 9.18 Å². The molecule has 196 valence electrons. The Balaban J connectivity index is 1.54. The van der Waals surface area contributed by atoms with Gasteiger partial charge in [-0.2, -0.15) is 0 Å². The summed E-state index contributed by atoms with van der Waals surface area (Å²) in [6.45, 7) is 3.55. The van der Waals surface area contributed by atoms with Crippen LogP contribution in [-0.2, 0) is 22.6 Å². The summed E-state index contributed by atoms with van der Waals surface area (Å²) in [5, 5.41) is 4.88. The van der Waals surface area contributed by atoms with Crippen molar-refractivity contribution in [2.45, 2.75) is 39.0 Å². The van der Waals surface area contributed by atoms with Gasteiger partial charge in [0.1, 0.15) is 18.1 Å². The number of hydrogen-bond acceptors (Lipinski definition) is 5. The molecule has 0 bridgehead atoms. The van der Waals surface area contributed by atoms with Crippen molar-refractivity contribution in [1.82, 2.24) is 9.80 Å². The van der Waals surface area contributed by atoms with Crippen molar-refractivity contribution in [3.63, 3.8) is 0 Å². The number of carbonyl (C=O) groups is 2. The number of nitrogens with one attached hydrogen (secondary N) is 1. The van der Waals surface area contributed by atoms with Gasteiger partial charge in [0.05, 0.1) is 25.4 Å². The molecule has 1 aliphatic heterocycles. The van der Waals surface area contributed by atoms with Crippen molar-refractivity contribution in [3.8, 4) is 5.75 Å². The molecule has 2 aromatic carbocycles. The molecule has 3 aromatic rings. The van der Waals surface area contributed by atoms with Gasteiger partial charge in [-0.1, -0.05) is 24.3 Å². The second-order valence-electron chi connectivity index (χ2n) is 9.05. The van der Waals surface area contributed by atoms with Gasteiger partial charge < -0.3 is 24.6 Å².